The van der Waals surface area contributed by atoms with Gasteiger partial charge in [-0.15, -0.1) is 0 Å². The van der Waals surface area contributed by atoms with Crippen LogP contribution in [-0.4, -0.2) is 21.0 Å². The van der Waals surface area contributed by atoms with Crippen molar-refractivity contribution in [3.8, 4) is 11.3 Å². The lowest BCUT2D eigenvalue weighted by Gasteiger charge is -2.10. The molecule has 104 valence electrons. The monoisotopic (exact) mass is 362 g/mol. The predicted octanol–water partition coefficient (Wildman–Crippen LogP) is 4.41. The Morgan fingerprint density at radius 3 is 2.57 bits per heavy atom. The Balaban J connectivity index is 2.36. The fourth-order valence-electron chi connectivity index (χ4n) is 2.09. The van der Waals surface area contributed by atoms with Crippen molar-refractivity contribution in [3.05, 3.63) is 57.8 Å². The lowest BCUT2D eigenvalue weighted by molar-refractivity contribution is 0.0699. The molecule has 0 aliphatic carbocycles. The third-order valence-electron chi connectivity index (χ3n) is 3.06. The number of nitrogens with zero attached hydrogens (tertiary/aromatic N) is 2. The zero-order valence-electron chi connectivity index (χ0n) is 10.5. The van der Waals surface area contributed by atoms with Gasteiger partial charge in [0.05, 0.1) is 21.8 Å². The predicted molar refractivity (Wildman–Crippen MR) is 84.6 cm³/mol. The highest BCUT2D eigenvalue weighted by Crippen LogP contribution is 2.34. The standard InChI is InChI=1S/C15H8BrClN2O2/c16-9-3-1-8(2-4-9)14-13(17)12(15(20)21)10-7-18-6-5-11(10)19-14/h1-7H,(H,20,21). The molecule has 1 aromatic carbocycles. The number of halogens is 2. The maximum atomic E-state index is 11.5. The van der Waals surface area contributed by atoms with Crippen molar-refractivity contribution in [3.63, 3.8) is 0 Å². The van der Waals surface area contributed by atoms with Crippen LogP contribution in [0.2, 0.25) is 5.02 Å². The zero-order chi connectivity index (χ0) is 15.0. The molecule has 6 heteroatoms. The Hall–Kier alpha value is -1.98. The van der Waals surface area contributed by atoms with Crippen LogP contribution in [-0.2, 0) is 0 Å². The van der Waals surface area contributed by atoms with Gasteiger partial charge in [0.15, 0.2) is 0 Å². The molecular weight excluding hydrogens is 356 g/mol. The molecule has 3 rings (SSSR count). The number of carbonyl (C=O) groups is 1. The van der Waals surface area contributed by atoms with E-state index in [0.29, 0.717) is 16.6 Å². The average Bonchev–Trinajstić information content (AvgIpc) is 2.47. The molecule has 0 amide bonds. The van der Waals surface area contributed by atoms with Crippen LogP contribution < -0.4 is 0 Å². The van der Waals surface area contributed by atoms with Crippen LogP contribution in [0.3, 0.4) is 0 Å². The van der Waals surface area contributed by atoms with E-state index < -0.39 is 5.97 Å². The quantitative estimate of drug-likeness (QED) is 0.732. The summed E-state index contributed by atoms with van der Waals surface area (Å²) in [5.41, 5.74) is 1.77. The van der Waals surface area contributed by atoms with Gasteiger partial charge in [0, 0.05) is 27.8 Å². The number of hydrogen-bond acceptors (Lipinski definition) is 3. The molecule has 2 heterocycles. The van der Waals surface area contributed by atoms with Gasteiger partial charge in [0.1, 0.15) is 0 Å². The average molecular weight is 364 g/mol. The molecule has 0 saturated carbocycles. The molecule has 0 spiro atoms. The van der Waals surface area contributed by atoms with Gasteiger partial charge in [0.2, 0.25) is 0 Å². The second-order valence-corrected chi connectivity index (χ2v) is 5.65. The van der Waals surface area contributed by atoms with E-state index in [9.17, 15) is 9.90 Å². The van der Waals surface area contributed by atoms with E-state index in [1.807, 2.05) is 24.3 Å². The number of carboxylic acid groups (broad SMARTS) is 1. The molecule has 4 nitrogen and oxygen atoms in total. The molecule has 21 heavy (non-hydrogen) atoms. The number of rotatable bonds is 2. The Morgan fingerprint density at radius 2 is 1.90 bits per heavy atom. The van der Waals surface area contributed by atoms with Gasteiger partial charge in [0.25, 0.3) is 0 Å². The molecule has 0 unspecified atom stereocenters. The summed E-state index contributed by atoms with van der Waals surface area (Å²) >= 11 is 9.63. The van der Waals surface area contributed by atoms with Gasteiger partial charge in [-0.3, -0.25) is 4.98 Å². The SMILES string of the molecule is O=C(O)c1c(Cl)c(-c2ccc(Br)cc2)nc2ccncc12. The molecule has 2 aromatic heterocycles. The lowest BCUT2D eigenvalue weighted by atomic mass is 10.1. The number of fused-ring (bicyclic) bond motifs is 1. The molecule has 1 N–H and O–H groups in total. The topological polar surface area (TPSA) is 63.1 Å². The first-order chi connectivity index (χ1) is 10.1. The summed E-state index contributed by atoms with van der Waals surface area (Å²) < 4.78 is 0.922. The smallest absolute Gasteiger partial charge is 0.338 e. The van der Waals surface area contributed by atoms with Crippen LogP contribution in [0, 0.1) is 0 Å². The fraction of sp³-hybridized carbons (Fsp3) is 0. The van der Waals surface area contributed by atoms with Crippen LogP contribution in [0.1, 0.15) is 10.4 Å². The summed E-state index contributed by atoms with van der Waals surface area (Å²) in [7, 11) is 0. The molecule has 0 bridgehead atoms. The van der Waals surface area contributed by atoms with Crippen molar-refractivity contribution >= 4 is 44.4 Å². The minimum atomic E-state index is -1.10. The normalized spacial score (nSPS) is 10.8. The van der Waals surface area contributed by atoms with E-state index in [-0.39, 0.29) is 10.6 Å². The lowest BCUT2D eigenvalue weighted by Crippen LogP contribution is -2.02. The maximum Gasteiger partial charge on any atom is 0.338 e. The van der Waals surface area contributed by atoms with E-state index in [4.69, 9.17) is 11.6 Å². The molecular formula is C15H8BrClN2O2. The molecule has 0 aliphatic rings. The summed E-state index contributed by atoms with van der Waals surface area (Å²) in [6, 6.07) is 9.03. The van der Waals surface area contributed by atoms with Crippen molar-refractivity contribution in [1.29, 1.82) is 0 Å². The number of hydrogen-bond donors (Lipinski definition) is 1. The van der Waals surface area contributed by atoms with E-state index in [1.54, 1.807) is 12.3 Å². The largest absolute Gasteiger partial charge is 0.478 e. The van der Waals surface area contributed by atoms with E-state index >= 15 is 0 Å². The Kier molecular flexibility index (Phi) is 3.61. The van der Waals surface area contributed by atoms with Gasteiger partial charge in [-0.1, -0.05) is 39.7 Å². The molecule has 0 aliphatic heterocycles. The third-order valence-corrected chi connectivity index (χ3v) is 3.96. The molecule has 0 atom stereocenters. The van der Waals surface area contributed by atoms with E-state index in [1.165, 1.54) is 6.20 Å². The Labute approximate surface area is 133 Å². The van der Waals surface area contributed by atoms with Crippen LogP contribution in [0.5, 0.6) is 0 Å². The Bertz CT molecular complexity index is 850. The number of aromatic carboxylic acids is 1. The van der Waals surface area contributed by atoms with Gasteiger partial charge in [-0.05, 0) is 18.2 Å². The first-order valence-electron chi connectivity index (χ1n) is 6.00. The van der Waals surface area contributed by atoms with Crippen molar-refractivity contribution in [2.75, 3.05) is 0 Å². The maximum absolute atomic E-state index is 11.5. The zero-order valence-corrected chi connectivity index (χ0v) is 12.9. The van der Waals surface area contributed by atoms with E-state index in [2.05, 4.69) is 25.9 Å². The highest BCUT2D eigenvalue weighted by Gasteiger charge is 2.19. The van der Waals surface area contributed by atoms with Crippen LogP contribution in [0.4, 0.5) is 0 Å². The fourth-order valence-corrected chi connectivity index (χ4v) is 2.69. The number of benzene rings is 1. The molecule has 0 saturated heterocycles. The number of pyridine rings is 2. The van der Waals surface area contributed by atoms with Crippen LogP contribution in [0.15, 0.2) is 47.2 Å². The van der Waals surface area contributed by atoms with Crippen LogP contribution >= 0.6 is 27.5 Å². The van der Waals surface area contributed by atoms with Gasteiger partial charge in [-0.2, -0.15) is 0 Å². The Morgan fingerprint density at radius 1 is 1.19 bits per heavy atom. The van der Waals surface area contributed by atoms with E-state index in [0.717, 1.165) is 10.0 Å². The molecule has 3 aromatic rings. The summed E-state index contributed by atoms with van der Waals surface area (Å²) in [4.78, 5) is 19.9. The third kappa shape index (κ3) is 2.50. The summed E-state index contributed by atoms with van der Waals surface area (Å²) in [5.74, 6) is -1.10. The van der Waals surface area contributed by atoms with Crippen molar-refractivity contribution in [2.24, 2.45) is 0 Å². The highest BCUT2D eigenvalue weighted by atomic mass is 79.9. The second kappa shape index (κ2) is 5.42. The van der Waals surface area contributed by atoms with Crippen molar-refractivity contribution in [2.45, 2.75) is 0 Å². The van der Waals surface area contributed by atoms with Gasteiger partial charge < -0.3 is 5.11 Å². The molecule has 0 radical (unpaired) electrons. The minimum Gasteiger partial charge on any atom is -0.478 e. The second-order valence-electron chi connectivity index (χ2n) is 4.35. The van der Waals surface area contributed by atoms with Gasteiger partial charge in [-0.25, -0.2) is 9.78 Å². The van der Waals surface area contributed by atoms with Crippen molar-refractivity contribution in [1.82, 2.24) is 9.97 Å². The number of aromatic nitrogens is 2. The van der Waals surface area contributed by atoms with Crippen LogP contribution in [0.25, 0.3) is 22.2 Å². The first-order valence-corrected chi connectivity index (χ1v) is 7.17. The summed E-state index contributed by atoms with van der Waals surface area (Å²) in [6.45, 7) is 0. The van der Waals surface area contributed by atoms with Gasteiger partial charge >= 0.3 is 5.97 Å². The summed E-state index contributed by atoms with van der Waals surface area (Å²) in [5, 5.41) is 9.97. The van der Waals surface area contributed by atoms with Crippen molar-refractivity contribution < 1.29 is 9.90 Å². The molecule has 0 fully saturated rings. The highest BCUT2D eigenvalue weighted by molar-refractivity contribution is 9.10. The first kappa shape index (κ1) is 14.0. The summed E-state index contributed by atoms with van der Waals surface area (Å²) in [6.07, 6.45) is 3.03. The minimum absolute atomic E-state index is 0.0210. The number of carboxylic acids is 1.